The number of benzene rings is 2. The fourth-order valence-corrected chi connectivity index (χ4v) is 2.06. The van der Waals surface area contributed by atoms with E-state index in [1.807, 2.05) is 19.1 Å². The van der Waals surface area contributed by atoms with Crippen LogP contribution in [-0.2, 0) is 9.53 Å². The van der Waals surface area contributed by atoms with Crippen molar-refractivity contribution in [3.05, 3.63) is 64.7 Å². The number of nitrogens with one attached hydrogen (secondary N) is 1. The van der Waals surface area contributed by atoms with Gasteiger partial charge in [0.1, 0.15) is 0 Å². The van der Waals surface area contributed by atoms with E-state index in [1.54, 1.807) is 36.4 Å². The molecule has 22 heavy (non-hydrogen) atoms. The zero-order chi connectivity index (χ0) is 16.1. The number of ether oxygens (including phenoxy) is 1. The van der Waals surface area contributed by atoms with Gasteiger partial charge in [-0.3, -0.25) is 4.79 Å². The molecule has 0 saturated carbocycles. The number of esters is 1. The van der Waals surface area contributed by atoms with Gasteiger partial charge in [-0.2, -0.15) is 0 Å². The lowest BCUT2D eigenvalue weighted by Gasteiger charge is -2.15. The van der Waals surface area contributed by atoms with Gasteiger partial charge in [-0.25, -0.2) is 4.79 Å². The number of rotatable bonds is 4. The average molecular weight is 318 g/mol. The number of hydrogen-bond acceptors (Lipinski definition) is 3. The van der Waals surface area contributed by atoms with Crippen molar-refractivity contribution in [2.75, 3.05) is 5.32 Å². The zero-order valence-corrected chi connectivity index (χ0v) is 13.1. The molecule has 0 aromatic heterocycles. The Bertz CT molecular complexity index is 700. The maximum Gasteiger partial charge on any atom is 0.339 e. The standard InChI is InChI=1S/C17H16ClNO3/c1-11-7-3-4-8-13(11)17(21)22-12(2)16(20)19-15-10-6-5-9-14(15)18/h3-10,12H,1-2H3,(H,19,20). The van der Waals surface area contributed by atoms with Gasteiger partial charge < -0.3 is 10.1 Å². The van der Waals surface area contributed by atoms with Crippen LogP contribution in [0.15, 0.2) is 48.5 Å². The molecule has 1 amide bonds. The Morgan fingerprint density at radius 3 is 2.41 bits per heavy atom. The molecule has 5 heteroatoms. The van der Waals surface area contributed by atoms with Crippen molar-refractivity contribution in [2.24, 2.45) is 0 Å². The highest BCUT2D eigenvalue weighted by Crippen LogP contribution is 2.21. The third-order valence-electron chi connectivity index (χ3n) is 3.15. The van der Waals surface area contributed by atoms with Crippen LogP contribution in [0.2, 0.25) is 5.02 Å². The SMILES string of the molecule is Cc1ccccc1C(=O)OC(C)C(=O)Nc1ccccc1Cl. The predicted molar refractivity (Wildman–Crippen MR) is 86.1 cm³/mol. The highest BCUT2D eigenvalue weighted by atomic mass is 35.5. The summed E-state index contributed by atoms with van der Waals surface area (Å²) in [5.74, 6) is -0.963. The van der Waals surface area contributed by atoms with Gasteiger partial charge in [-0.15, -0.1) is 0 Å². The Morgan fingerprint density at radius 1 is 1.09 bits per heavy atom. The first-order valence-corrected chi connectivity index (χ1v) is 7.19. The van der Waals surface area contributed by atoms with Crippen molar-refractivity contribution in [2.45, 2.75) is 20.0 Å². The normalized spacial score (nSPS) is 11.6. The Morgan fingerprint density at radius 2 is 1.73 bits per heavy atom. The molecule has 0 aliphatic carbocycles. The second kappa shape index (κ2) is 7.09. The van der Waals surface area contributed by atoms with E-state index in [1.165, 1.54) is 6.92 Å². The highest BCUT2D eigenvalue weighted by molar-refractivity contribution is 6.33. The van der Waals surface area contributed by atoms with Crippen molar-refractivity contribution >= 4 is 29.2 Å². The lowest BCUT2D eigenvalue weighted by molar-refractivity contribution is -0.123. The molecule has 2 aromatic rings. The Kier molecular flexibility index (Phi) is 5.17. The van der Waals surface area contributed by atoms with E-state index in [0.29, 0.717) is 16.3 Å². The molecule has 0 fully saturated rings. The van der Waals surface area contributed by atoms with Crippen LogP contribution >= 0.6 is 11.6 Å². The molecular weight excluding hydrogens is 302 g/mol. The van der Waals surface area contributed by atoms with Crippen LogP contribution in [0.3, 0.4) is 0 Å². The number of anilines is 1. The smallest absolute Gasteiger partial charge is 0.339 e. The highest BCUT2D eigenvalue weighted by Gasteiger charge is 2.20. The number of carbonyl (C=O) groups is 2. The molecule has 0 aliphatic heterocycles. The maximum atomic E-state index is 12.1. The second-order valence-electron chi connectivity index (χ2n) is 4.83. The Hall–Kier alpha value is -2.33. The molecule has 2 rings (SSSR count). The molecule has 0 heterocycles. The first-order valence-electron chi connectivity index (χ1n) is 6.81. The van der Waals surface area contributed by atoms with E-state index in [0.717, 1.165) is 5.56 Å². The lowest BCUT2D eigenvalue weighted by atomic mass is 10.1. The van der Waals surface area contributed by atoms with Crippen LogP contribution in [0.4, 0.5) is 5.69 Å². The first kappa shape index (κ1) is 16.0. The minimum atomic E-state index is -0.927. The molecule has 0 spiro atoms. The summed E-state index contributed by atoms with van der Waals surface area (Å²) in [4.78, 5) is 24.1. The molecule has 0 saturated heterocycles. The zero-order valence-electron chi connectivity index (χ0n) is 12.3. The number of aryl methyl sites for hydroxylation is 1. The van der Waals surface area contributed by atoms with Gasteiger partial charge in [0.05, 0.1) is 16.3 Å². The van der Waals surface area contributed by atoms with Gasteiger partial charge in [0.25, 0.3) is 5.91 Å². The molecule has 2 aromatic carbocycles. The monoisotopic (exact) mass is 317 g/mol. The van der Waals surface area contributed by atoms with Gasteiger partial charge in [0.2, 0.25) is 0 Å². The summed E-state index contributed by atoms with van der Waals surface area (Å²) in [5, 5.41) is 3.06. The largest absolute Gasteiger partial charge is 0.449 e. The predicted octanol–water partition coefficient (Wildman–Crippen LogP) is 3.83. The van der Waals surface area contributed by atoms with E-state index < -0.39 is 18.0 Å². The fraction of sp³-hybridized carbons (Fsp3) is 0.176. The topological polar surface area (TPSA) is 55.4 Å². The first-order chi connectivity index (χ1) is 10.5. The molecule has 0 bridgehead atoms. The lowest BCUT2D eigenvalue weighted by Crippen LogP contribution is -2.30. The fourth-order valence-electron chi connectivity index (χ4n) is 1.88. The molecule has 114 valence electrons. The van der Waals surface area contributed by atoms with Crippen LogP contribution in [0.1, 0.15) is 22.8 Å². The van der Waals surface area contributed by atoms with Crippen LogP contribution in [0.5, 0.6) is 0 Å². The molecule has 4 nitrogen and oxygen atoms in total. The summed E-state index contributed by atoms with van der Waals surface area (Å²) in [6.45, 7) is 3.33. The summed E-state index contributed by atoms with van der Waals surface area (Å²) in [6, 6.07) is 13.9. The molecule has 0 radical (unpaired) electrons. The summed E-state index contributed by atoms with van der Waals surface area (Å²) in [6.07, 6.45) is -0.927. The van der Waals surface area contributed by atoms with Crippen molar-refractivity contribution in [3.8, 4) is 0 Å². The Balaban J connectivity index is 2.01. The summed E-state index contributed by atoms with van der Waals surface area (Å²) in [5.41, 5.74) is 1.72. The van der Waals surface area contributed by atoms with Crippen molar-refractivity contribution in [3.63, 3.8) is 0 Å². The van der Waals surface area contributed by atoms with E-state index in [9.17, 15) is 9.59 Å². The molecule has 0 aliphatic rings. The van der Waals surface area contributed by atoms with Crippen LogP contribution in [0.25, 0.3) is 0 Å². The van der Waals surface area contributed by atoms with Gasteiger partial charge in [0, 0.05) is 0 Å². The van der Waals surface area contributed by atoms with E-state index >= 15 is 0 Å². The summed E-state index contributed by atoms with van der Waals surface area (Å²) in [7, 11) is 0. The quantitative estimate of drug-likeness (QED) is 0.872. The van der Waals surface area contributed by atoms with E-state index in [-0.39, 0.29) is 0 Å². The summed E-state index contributed by atoms with van der Waals surface area (Å²) < 4.78 is 5.20. The third-order valence-corrected chi connectivity index (χ3v) is 3.48. The van der Waals surface area contributed by atoms with Gasteiger partial charge >= 0.3 is 5.97 Å². The number of hydrogen-bond donors (Lipinski definition) is 1. The van der Waals surface area contributed by atoms with Gasteiger partial charge in [-0.05, 0) is 37.6 Å². The average Bonchev–Trinajstić information content (AvgIpc) is 2.49. The van der Waals surface area contributed by atoms with Crippen LogP contribution in [0, 0.1) is 6.92 Å². The van der Waals surface area contributed by atoms with E-state index in [2.05, 4.69) is 5.32 Å². The molecule has 1 unspecified atom stereocenters. The minimum Gasteiger partial charge on any atom is -0.449 e. The Labute approximate surface area is 134 Å². The second-order valence-corrected chi connectivity index (χ2v) is 5.24. The van der Waals surface area contributed by atoms with Crippen molar-refractivity contribution < 1.29 is 14.3 Å². The van der Waals surface area contributed by atoms with Gasteiger partial charge in [0.15, 0.2) is 6.10 Å². The number of carbonyl (C=O) groups excluding carboxylic acids is 2. The molecule has 1 N–H and O–H groups in total. The third kappa shape index (κ3) is 3.86. The maximum absolute atomic E-state index is 12.1. The molecular formula is C17H16ClNO3. The number of halogens is 1. The van der Waals surface area contributed by atoms with Crippen molar-refractivity contribution in [1.82, 2.24) is 0 Å². The van der Waals surface area contributed by atoms with Crippen LogP contribution in [-0.4, -0.2) is 18.0 Å². The molecule has 1 atom stereocenters. The van der Waals surface area contributed by atoms with E-state index in [4.69, 9.17) is 16.3 Å². The van der Waals surface area contributed by atoms with Crippen LogP contribution < -0.4 is 5.32 Å². The summed E-state index contributed by atoms with van der Waals surface area (Å²) >= 11 is 5.97. The number of amides is 1. The number of para-hydroxylation sites is 1. The van der Waals surface area contributed by atoms with Gasteiger partial charge in [-0.1, -0.05) is 41.9 Å². The van der Waals surface area contributed by atoms with Crippen molar-refractivity contribution in [1.29, 1.82) is 0 Å². The minimum absolute atomic E-state index is 0.424.